The minimum atomic E-state index is 1.12. The van der Waals surface area contributed by atoms with Crippen LogP contribution in [0.1, 0.15) is 24.8 Å². The van der Waals surface area contributed by atoms with Gasteiger partial charge in [-0.25, -0.2) is 0 Å². The second kappa shape index (κ2) is 4.84. The van der Waals surface area contributed by atoms with Gasteiger partial charge in [-0.3, -0.25) is 0 Å². The molecule has 0 saturated heterocycles. The summed E-state index contributed by atoms with van der Waals surface area (Å²) in [5.74, 6) is 0. The smallest absolute Gasteiger partial charge is 0.0509 e. The van der Waals surface area contributed by atoms with E-state index in [9.17, 15) is 0 Å². The lowest BCUT2D eigenvalue weighted by Gasteiger charge is -2.17. The number of anilines is 1. The molecular formula is C11H13BrIN. The topological polar surface area (TPSA) is 12.0 Å². The zero-order valence-electron chi connectivity index (χ0n) is 7.95. The molecule has 14 heavy (non-hydrogen) atoms. The summed E-state index contributed by atoms with van der Waals surface area (Å²) < 4.78 is 2.52. The third-order valence-corrected chi connectivity index (χ3v) is 3.87. The highest BCUT2D eigenvalue weighted by Crippen LogP contribution is 2.30. The third-order valence-electron chi connectivity index (χ3n) is 2.56. The van der Waals surface area contributed by atoms with Gasteiger partial charge in [0.05, 0.1) is 5.69 Å². The van der Waals surface area contributed by atoms with Gasteiger partial charge in [0.15, 0.2) is 0 Å². The average molecular weight is 366 g/mol. The van der Waals surface area contributed by atoms with Crippen LogP contribution < -0.4 is 5.32 Å². The molecule has 1 heterocycles. The first-order valence-corrected chi connectivity index (χ1v) is 6.86. The van der Waals surface area contributed by atoms with Crippen LogP contribution in [0.3, 0.4) is 0 Å². The monoisotopic (exact) mass is 365 g/mol. The molecule has 1 aliphatic rings. The summed E-state index contributed by atoms with van der Waals surface area (Å²) in [4.78, 5) is 0. The summed E-state index contributed by atoms with van der Waals surface area (Å²) >= 11 is 5.96. The molecule has 0 unspecified atom stereocenters. The summed E-state index contributed by atoms with van der Waals surface area (Å²) in [5, 5.41) is 3.53. The zero-order chi connectivity index (χ0) is 9.97. The molecule has 0 aliphatic carbocycles. The van der Waals surface area contributed by atoms with Crippen LogP contribution in [0.4, 0.5) is 5.69 Å². The molecule has 1 N–H and O–H groups in total. The molecule has 1 nitrogen and oxygen atoms in total. The van der Waals surface area contributed by atoms with E-state index < -0.39 is 0 Å². The Bertz CT molecular complexity index is 338. The third kappa shape index (κ3) is 2.42. The molecule has 0 atom stereocenters. The fourth-order valence-corrected chi connectivity index (χ4v) is 3.66. The Balaban J connectivity index is 2.39. The van der Waals surface area contributed by atoms with Gasteiger partial charge in [-0.1, -0.05) is 22.4 Å². The van der Waals surface area contributed by atoms with Gasteiger partial charge in [0.25, 0.3) is 0 Å². The van der Waals surface area contributed by atoms with Crippen molar-refractivity contribution in [2.75, 3.05) is 11.9 Å². The molecule has 3 heteroatoms. The first-order chi connectivity index (χ1) is 6.77. The molecule has 1 aromatic rings. The number of nitrogens with one attached hydrogen (secondary N) is 1. The molecule has 0 radical (unpaired) electrons. The van der Waals surface area contributed by atoms with E-state index in [-0.39, 0.29) is 0 Å². The normalized spacial score (nSPS) is 16.4. The second-order valence-electron chi connectivity index (χ2n) is 3.66. The Morgan fingerprint density at radius 2 is 2.07 bits per heavy atom. The van der Waals surface area contributed by atoms with Crippen molar-refractivity contribution < 1.29 is 0 Å². The van der Waals surface area contributed by atoms with Crippen molar-refractivity contribution in [1.29, 1.82) is 0 Å². The molecule has 0 fully saturated rings. The van der Waals surface area contributed by atoms with E-state index in [1.54, 1.807) is 0 Å². The first kappa shape index (κ1) is 10.7. The van der Waals surface area contributed by atoms with E-state index in [0.717, 1.165) is 6.54 Å². The Kier molecular flexibility index (Phi) is 3.71. The quantitative estimate of drug-likeness (QED) is 0.679. The van der Waals surface area contributed by atoms with E-state index in [1.165, 1.54) is 45.0 Å². The maximum Gasteiger partial charge on any atom is 0.0509 e. The number of aryl methyl sites for hydroxylation is 1. The van der Waals surface area contributed by atoms with Crippen molar-refractivity contribution in [1.82, 2.24) is 0 Å². The summed E-state index contributed by atoms with van der Waals surface area (Å²) in [7, 11) is 0. The lowest BCUT2D eigenvalue weighted by molar-refractivity contribution is 0.685. The van der Waals surface area contributed by atoms with Crippen LogP contribution in [-0.2, 0) is 6.42 Å². The van der Waals surface area contributed by atoms with Gasteiger partial charge < -0.3 is 5.32 Å². The van der Waals surface area contributed by atoms with Crippen LogP contribution in [-0.4, -0.2) is 6.54 Å². The summed E-state index contributed by atoms with van der Waals surface area (Å²) in [5.41, 5.74) is 2.82. The second-order valence-corrected chi connectivity index (χ2v) is 5.74. The SMILES string of the molecule is Brc1cc(I)c2c(c1)CCCCCN2. The number of rotatable bonds is 0. The van der Waals surface area contributed by atoms with Crippen molar-refractivity contribution in [2.24, 2.45) is 0 Å². The Labute approximate surface area is 107 Å². The number of halogens is 2. The molecule has 0 bridgehead atoms. The first-order valence-electron chi connectivity index (χ1n) is 4.99. The zero-order valence-corrected chi connectivity index (χ0v) is 11.7. The molecule has 2 rings (SSSR count). The fraction of sp³-hybridized carbons (Fsp3) is 0.455. The lowest BCUT2D eigenvalue weighted by Crippen LogP contribution is -2.09. The van der Waals surface area contributed by atoms with Crippen LogP contribution in [0.25, 0.3) is 0 Å². The number of fused-ring (bicyclic) bond motifs is 1. The summed E-state index contributed by atoms with van der Waals surface area (Å²) in [6.07, 6.45) is 5.17. The molecule has 0 saturated carbocycles. The van der Waals surface area contributed by atoms with E-state index in [0.29, 0.717) is 0 Å². The minimum Gasteiger partial charge on any atom is -0.384 e. The van der Waals surface area contributed by atoms with Crippen LogP contribution >= 0.6 is 38.5 Å². The molecule has 0 amide bonds. The van der Waals surface area contributed by atoms with Crippen molar-refractivity contribution in [2.45, 2.75) is 25.7 Å². The van der Waals surface area contributed by atoms with Gasteiger partial charge in [0, 0.05) is 14.6 Å². The maximum absolute atomic E-state index is 3.55. The summed E-state index contributed by atoms with van der Waals surface area (Å²) in [6, 6.07) is 4.42. The van der Waals surface area contributed by atoms with Gasteiger partial charge >= 0.3 is 0 Å². The van der Waals surface area contributed by atoms with Crippen LogP contribution in [0.5, 0.6) is 0 Å². The highest BCUT2D eigenvalue weighted by Gasteiger charge is 2.10. The Hall–Kier alpha value is 0.230. The van der Waals surface area contributed by atoms with Crippen molar-refractivity contribution in [3.05, 3.63) is 25.7 Å². The van der Waals surface area contributed by atoms with E-state index in [1.807, 2.05) is 0 Å². The van der Waals surface area contributed by atoms with Crippen LogP contribution in [0.15, 0.2) is 16.6 Å². The Morgan fingerprint density at radius 3 is 2.93 bits per heavy atom. The maximum atomic E-state index is 3.55. The fourth-order valence-electron chi connectivity index (χ4n) is 1.85. The predicted octanol–water partition coefficient (Wildman–Crippen LogP) is 4.19. The van der Waals surface area contributed by atoms with Crippen molar-refractivity contribution in [3.8, 4) is 0 Å². The highest BCUT2D eigenvalue weighted by atomic mass is 127. The lowest BCUT2D eigenvalue weighted by atomic mass is 10.0. The molecule has 76 valence electrons. The average Bonchev–Trinajstić information content (AvgIpc) is 2.07. The molecule has 0 spiro atoms. The molecule has 1 aliphatic heterocycles. The Morgan fingerprint density at radius 1 is 1.21 bits per heavy atom. The summed E-state index contributed by atoms with van der Waals surface area (Å²) in [6.45, 7) is 1.12. The minimum absolute atomic E-state index is 1.12. The standard InChI is InChI=1S/C11H13BrIN/c12-9-6-8-4-2-1-3-5-14-11(8)10(13)7-9/h6-7,14H,1-5H2. The van der Waals surface area contributed by atoms with Gasteiger partial charge in [-0.05, 0) is 59.5 Å². The molecular weight excluding hydrogens is 353 g/mol. The van der Waals surface area contributed by atoms with Crippen LogP contribution in [0.2, 0.25) is 0 Å². The van der Waals surface area contributed by atoms with E-state index in [2.05, 4.69) is 56.0 Å². The molecule has 1 aromatic carbocycles. The number of hydrogen-bond donors (Lipinski definition) is 1. The van der Waals surface area contributed by atoms with Crippen molar-refractivity contribution in [3.63, 3.8) is 0 Å². The molecule has 0 aromatic heterocycles. The van der Waals surface area contributed by atoms with Gasteiger partial charge in [0.1, 0.15) is 0 Å². The van der Waals surface area contributed by atoms with Gasteiger partial charge in [0.2, 0.25) is 0 Å². The highest BCUT2D eigenvalue weighted by molar-refractivity contribution is 14.1. The van der Waals surface area contributed by atoms with Gasteiger partial charge in [-0.15, -0.1) is 0 Å². The van der Waals surface area contributed by atoms with E-state index >= 15 is 0 Å². The number of hydrogen-bond acceptors (Lipinski definition) is 1. The largest absolute Gasteiger partial charge is 0.384 e. The predicted molar refractivity (Wildman–Crippen MR) is 72.9 cm³/mol. The van der Waals surface area contributed by atoms with Crippen molar-refractivity contribution >= 4 is 44.2 Å². The number of benzene rings is 1. The van der Waals surface area contributed by atoms with E-state index in [4.69, 9.17) is 0 Å². The van der Waals surface area contributed by atoms with Crippen LogP contribution in [0, 0.1) is 3.57 Å². The van der Waals surface area contributed by atoms with Gasteiger partial charge in [-0.2, -0.15) is 0 Å².